The van der Waals surface area contributed by atoms with Gasteiger partial charge in [-0.15, -0.1) is 0 Å². The van der Waals surface area contributed by atoms with E-state index in [1.54, 1.807) is 25.2 Å². The highest BCUT2D eigenvalue weighted by molar-refractivity contribution is 5.79. The van der Waals surface area contributed by atoms with Crippen LogP contribution in [0.5, 0.6) is 0 Å². The standard InChI is InChI=1S/C22H27F2N3O/c1-25-21(27(2)15-17-5-3-7-19(23)13-17)26-16-22(9-11-28-12-10-22)18-6-4-8-20(24)14-18/h3-8,13-14H,9-12,15-16H2,1-2H3,(H,25,26). The molecular weight excluding hydrogens is 360 g/mol. The molecule has 0 atom stereocenters. The van der Waals surface area contributed by atoms with Crippen molar-refractivity contribution in [3.05, 3.63) is 71.3 Å². The summed E-state index contributed by atoms with van der Waals surface area (Å²) in [6.07, 6.45) is 1.63. The molecule has 0 amide bonds. The lowest BCUT2D eigenvalue weighted by atomic mass is 9.74. The zero-order valence-corrected chi connectivity index (χ0v) is 16.4. The normalized spacial score (nSPS) is 16.6. The molecule has 0 saturated carbocycles. The fourth-order valence-corrected chi connectivity index (χ4v) is 3.77. The fraction of sp³-hybridized carbons (Fsp3) is 0.409. The molecule has 0 radical (unpaired) electrons. The van der Waals surface area contributed by atoms with Crippen LogP contribution in [0, 0.1) is 11.6 Å². The van der Waals surface area contributed by atoms with E-state index in [9.17, 15) is 8.78 Å². The average molecular weight is 387 g/mol. The molecule has 2 aromatic rings. The second-order valence-electron chi connectivity index (χ2n) is 7.29. The summed E-state index contributed by atoms with van der Waals surface area (Å²) in [4.78, 5) is 6.32. The van der Waals surface area contributed by atoms with E-state index in [1.807, 2.05) is 24.1 Å². The van der Waals surface area contributed by atoms with Gasteiger partial charge in [0, 0.05) is 45.8 Å². The Hall–Kier alpha value is -2.47. The van der Waals surface area contributed by atoms with Gasteiger partial charge < -0.3 is 15.0 Å². The monoisotopic (exact) mass is 387 g/mol. The van der Waals surface area contributed by atoms with Crippen LogP contribution in [0.15, 0.2) is 53.5 Å². The molecule has 3 rings (SSSR count). The Morgan fingerprint density at radius 2 is 1.79 bits per heavy atom. The largest absolute Gasteiger partial charge is 0.381 e. The van der Waals surface area contributed by atoms with Crippen molar-refractivity contribution < 1.29 is 13.5 Å². The SMILES string of the molecule is CN=C(NCC1(c2cccc(F)c2)CCOCC1)N(C)Cc1cccc(F)c1. The van der Waals surface area contributed by atoms with Gasteiger partial charge in [0.25, 0.3) is 0 Å². The minimum Gasteiger partial charge on any atom is -0.381 e. The Labute approximate surface area is 165 Å². The molecule has 2 aromatic carbocycles. The van der Waals surface area contributed by atoms with Gasteiger partial charge in [0.2, 0.25) is 0 Å². The van der Waals surface area contributed by atoms with Crippen LogP contribution in [0.25, 0.3) is 0 Å². The van der Waals surface area contributed by atoms with Gasteiger partial charge in [-0.3, -0.25) is 4.99 Å². The summed E-state index contributed by atoms with van der Waals surface area (Å²) in [6, 6.07) is 13.4. The van der Waals surface area contributed by atoms with Gasteiger partial charge in [0.1, 0.15) is 11.6 Å². The van der Waals surface area contributed by atoms with Crippen molar-refractivity contribution in [3.63, 3.8) is 0 Å². The summed E-state index contributed by atoms with van der Waals surface area (Å²) in [5.41, 5.74) is 1.64. The predicted octanol–water partition coefficient (Wildman–Crippen LogP) is 3.72. The number of guanidine groups is 1. The molecule has 1 heterocycles. The van der Waals surface area contributed by atoms with Crippen molar-refractivity contribution in [3.8, 4) is 0 Å². The van der Waals surface area contributed by atoms with Crippen LogP contribution >= 0.6 is 0 Å². The molecule has 1 aliphatic rings. The Morgan fingerprint density at radius 1 is 1.11 bits per heavy atom. The molecule has 1 fully saturated rings. The summed E-state index contributed by atoms with van der Waals surface area (Å²) < 4.78 is 32.9. The fourth-order valence-electron chi connectivity index (χ4n) is 3.77. The lowest BCUT2D eigenvalue weighted by Gasteiger charge is -2.39. The van der Waals surface area contributed by atoms with Gasteiger partial charge in [-0.2, -0.15) is 0 Å². The first kappa shape index (κ1) is 20.3. The maximum atomic E-state index is 13.8. The molecule has 28 heavy (non-hydrogen) atoms. The van der Waals surface area contributed by atoms with E-state index in [0.717, 1.165) is 24.0 Å². The highest BCUT2D eigenvalue weighted by atomic mass is 19.1. The second kappa shape index (κ2) is 9.15. The van der Waals surface area contributed by atoms with Gasteiger partial charge in [-0.05, 0) is 48.2 Å². The first-order valence-corrected chi connectivity index (χ1v) is 9.52. The quantitative estimate of drug-likeness (QED) is 0.628. The highest BCUT2D eigenvalue weighted by Crippen LogP contribution is 2.34. The molecule has 1 saturated heterocycles. The molecule has 0 unspecified atom stereocenters. The molecular formula is C22H27F2N3O. The van der Waals surface area contributed by atoms with E-state index in [4.69, 9.17) is 4.74 Å². The van der Waals surface area contributed by atoms with Crippen molar-refractivity contribution in [1.29, 1.82) is 0 Å². The zero-order chi connectivity index (χ0) is 20.0. The highest BCUT2D eigenvalue weighted by Gasteiger charge is 2.35. The minimum atomic E-state index is -0.249. The summed E-state index contributed by atoms with van der Waals surface area (Å²) in [5.74, 6) is 0.239. The van der Waals surface area contributed by atoms with Crippen molar-refractivity contribution in [2.75, 3.05) is 33.9 Å². The van der Waals surface area contributed by atoms with E-state index >= 15 is 0 Å². The molecule has 6 heteroatoms. The van der Waals surface area contributed by atoms with Gasteiger partial charge in [-0.1, -0.05) is 24.3 Å². The summed E-state index contributed by atoms with van der Waals surface area (Å²) in [6.45, 7) is 2.46. The van der Waals surface area contributed by atoms with Crippen LogP contribution < -0.4 is 5.32 Å². The van der Waals surface area contributed by atoms with Gasteiger partial charge in [0.05, 0.1) is 0 Å². The molecule has 150 valence electrons. The van der Waals surface area contributed by atoms with Crippen molar-refractivity contribution in [1.82, 2.24) is 10.2 Å². The number of benzene rings is 2. The summed E-state index contributed by atoms with van der Waals surface area (Å²) in [7, 11) is 3.64. The molecule has 0 aromatic heterocycles. The molecule has 1 N–H and O–H groups in total. The van der Waals surface area contributed by atoms with E-state index in [-0.39, 0.29) is 17.0 Å². The number of ether oxygens (including phenoxy) is 1. The van der Waals surface area contributed by atoms with Crippen LogP contribution in [0.4, 0.5) is 8.78 Å². The Bertz CT molecular complexity index is 819. The zero-order valence-electron chi connectivity index (χ0n) is 16.4. The first-order valence-electron chi connectivity index (χ1n) is 9.52. The van der Waals surface area contributed by atoms with E-state index < -0.39 is 0 Å². The van der Waals surface area contributed by atoms with Crippen LogP contribution in [-0.4, -0.2) is 44.7 Å². The van der Waals surface area contributed by atoms with E-state index in [1.165, 1.54) is 18.2 Å². The van der Waals surface area contributed by atoms with Crippen LogP contribution in [0.2, 0.25) is 0 Å². The lowest BCUT2D eigenvalue weighted by molar-refractivity contribution is 0.0511. The summed E-state index contributed by atoms with van der Waals surface area (Å²) in [5, 5.41) is 3.44. The number of aliphatic imine (C=N–C) groups is 1. The number of nitrogens with one attached hydrogen (secondary N) is 1. The van der Waals surface area contributed by atoms with Crippen molar-refractivity contribution in [2.24, 2.45) is 4.99 Å². The third kappa shape index (κ3) is 4.87. The molecule has 1 aliphatic heterocycles. The number of hydrogen-bond acceptors (Lipinski definition) is 2. The van der Waals surface area contributed by atoms with Crippen LogP contribution in [0.3, 0.4) is 0 Å². The van der Waals surface area contributed by atoms with Gasteiger partial charge in [0.15, 0.2) is 5.96 Å². The lowest BCUT2D eigenvalue weighted by Crippen LogP contribution is -2.48. The van der Waals surface area contributed by atoms with Crippen LogP contribution in [0.1, 0.15) is 24.0 Å². The number of rotatable bonds is 5. The first-order chi connectivity index (χ1) is 13.5. The third-order valence-corrected chi connectivity index (χ3v) is 5.35. The Kier molecular flexibility index (Phi) is 6.62. The second-order valence-corrected chi connectivity index (χ2v) is 7.29. The summed E-state index contributed by atoms with van der Waals surface area (Å²) >= 11 is 0. The average Bonchev–Trinajstić information content (AvgIpc) is 2.69. The number of hydrogen-bond donors (Lipinski definition) is 1. The topological polar surface area (TPSA) is 36.9 Å². The van der Waals surface area contributed by atoms with E-state index in [2.05, 4.69) is 10.3 Å². The predicted molar refractivity (Wildman–Crippen MR) is 107 cm³/mol. The maximum absolute atomic E-state index is 13.8. The van der Waals surface area contributed by atoms with E-state index in [0.29, 0.717) is 32.3 Å². The smallest absolute Gasteiger partial charge is 0.193 e. The van der Waals surface area contributed by atoms with Gasteiger partial charge in [-0.25, -0.2) is 8.78 Å². The van der Waals surface area contributed by atoms with Crippen LogP contribution in [-0.2, 0) is 16.7 Å². The van der Waals surface area contributed by atoms with Crippen molar-refractivity contribution in [2.45, 2.75) is 24.8 Å². The Morgan fingerprint density at radius 3 is 2.43 bits per heavy atom. The molecule has 0 bridgehead atoms. The minimum absolute atomic E-state index is 0.212. The Balaban J connectivity index is 1.72. The number of halogens is 2. The molecule has 0 aliphatic carbocycles. The number of nitrogens with zero attached hydrogens (tertiary/aromatic N) is 2. The molecule has 0 spiro atoms. The van der Waals surface area contributed by atoms with Gasteiger partial charge >= 0.3 is 0 Å². The molecule has 4 nitrogen and oxygen atoms in total. The maximum Gasteiger partial charge on any atom is 0.193 e. The third-order valence-electron chi connectivity index (χ3n) is 5.35. The van der Waals surface area contributed by atoms with Crippen molar-refractivity contribution >= 4 is 5.96 Å².